The first-order chi connectivity index (χ1) is 8.09. The van der Waals surface area contributed by atoms with Gasteiger partial charge >= 0.3 is 5.97 Å². The summed E-state index contributed by atoms with van der Waals surface area (Å²) in [5.74, 6) is -1.19. The van der Waals surface area contributed by atoms with Gasteiger partial charge in [-0.2, -0.15) is 0 Å². The third kappa shape index (κ3) is 4.94. The standard InChI is InChI=1S/C10H12N2O5/c13-10(14)9(7-17-12(15)16)11-6-8-4-2-1-3-5-8/h1-5,9,11H,6-7H2,(H,13,14)/t9-/m0/s1. The highest BCUT2D eigenvalue weighted by Crippen LogP contribution is 1.98. The Labute approximate surface area is 97.1 Å². The third-order valence-electron chi connectivity index (χ3n) is 2.04. The molecule has 0 aromatic heterocycles. The van der Waals surface area contributed by atoms with Gasteiger partial charge in [-0.1, -0.05) is 30.3 Å². The van der Waals surface area contributed by atoms with Crippen LogP contribution in [-0.2, 0) is 16.2 Å². The minimum absolute atomic E-state index is 0.304. The molecule has 17 heavy (non-hydrogen) atoms. The van der Waals surface area contributed by atoms with E-state index in [9.17, 15) is 14.9 Å². The van der Waals surface area contributed by atoms with Gasteiger partial charge in [0.2, 0.25) is 0 Å². The van der Waals surface area contributed by atoms with E-state index in [1.54, 1.807) is 0 Å². The lowest BCUT2D eigenvalue weighted by molar-refractivity contribution is -0.758. The highest BCUT2D eigenvalue weighted by Gasteiger charge is 2.18. The molecule has 0 saturated heterocycles. The van der Waals surface area contributed by atoms with Crippen molar-refractivity contribution in [2.24, 2.45) is 0 Å². The summed E-state index contributed by atoms with van der Waals surface area (Å²) in [4.78, 5) is 24.8. The lowest BCUT2D eigenvalue weighted by Crippen LogP contribution is -2.40. The molecule has 7 heteroatoms. The number of carboxylic acids is 1. The summed E-state index contributed by atoms with van der Waals surface area (Å²) in [7, 11) is 0. The van der Waals surface area contributed by atoms with Crippen molar-refractivity contribution in [3.05, 3.63) is 46.0 Å². The van der Waals surface area contributed by atoms with E-state index in [2.05, 4.69) is 10.2 Å². The zero-order chi connectivity index (χ0) is 12.7. The van der Waals surface area contributed by atoms with E-state index in [0.717, 1.165) is 5.56 Å². The quantitative estimate of drug-likeness (QED) is 0.529. The molecule has 0 bridgehead atoms. The second kappa shape index (κ2) is 6.44. The fourth-order valence-corrected chi connectivity index (χ4v) is 1.19. The van der Waals surface area contributed by atoms with Gasteiger partial charge < -0.3 is 9.94 Å². The average molecular weight is 240 g/mol. The Hall–Kier alpha value is -2.15. The van der Waals surface area contributed by atoms with Crippen LogP contribution in [0.3, 0.4) is 0 Å². The van der Waals surface area contributed by atoms with Crippen molar-refractivity contribution in [3.63, 3.8) is 0 Å². The normalized spacial score (nSPS) is 11.8. The largest absolute Gasteiger partial charge is 0.480 e. The van der Waals surface area contributed by atoms with Crippen molar-refractivity contribution in [1.82, 2.24) is 5.32 Å². The molecular formula is C10H12N2O5. The maximum absolute atomic E-state index is 10.8. The lowest BCUT2D eigenvalue weighted by atomic mass is 10.2. The zero-order valence-corrected chi connectivity index (χ0v) is 8.91. The first-order valence-corrected chi connectivity index (χ1v) is 4.87. The summed E-state index contributed by atoms with van der Waals surface area (Å²) in [5, 5.41) is 20.4. The second-order valence-electron chi connectivity index (χ2n) is 3.28. The number of carbonyl (C=O) groups is 1. The minimum atomic E-state index is -1.19. The Morgan fingerprint density at radius 2 is 2.12 bits per heavy atom. The Morgan fingerprint density at radius 1 is 1.47 bits per heavy atom. The van der Waals surface area contributed by atoms with Crippen LogP contribution in [-0.4, -0.2) is 28.8 Å². The molecule has 0 fully saturated rings. The van der Waals surface area contributed by atoms with Crippen LogP contribution in [0.25, 0.3) is 0 Å². The van der Waals surface area contributed by atoms with Crippen LogP contribution in [0, 0.1) is 10.1 Å². The summed E-state index contributed by atoms with van der Waals surface area (Å²) in [6, 6.07) is 8.01. The smallest absolute Gasteiger partial charge is 0.322 e. The monoisotopic (exact) mass is 240 g/mol. The minimum Gasteiger partial charge on any atom is -0.480 e. The summed E-state index contributed by atoms with van der Waals surface area (Å²) in [6.45, 7) is -0.214. The van der Waals surface area contributed by atoms with Gasteiger partial charge in [0.1, 0.15) is 12.6 Å². The molecule has 1 aromatic carbocycles. The summed E-state index contributed by atoms with van der Waals surface area (Å²) < 4.78 is 0. The van der Waals surface area contributed by atoms with E-state index in [4.69, 9.17) is 5.11 Å². The Morgan fingerprint density at radius 3 is 2.65 bits per heavy atom. The van der Waals surface area contributed by atoms with Gasteiger partial charge in [0, 0.05) is 6.54 Å². The molecule has 0 amide bonds. The first-order valence-electron chi connectivity index (χ1n) is 4.87. The van der Waals surface area contributed by atoms with Crippen molar-refractivity contribution in [1.29, 1.82) is 0 Å². The molecule has 0 aliphatic heterocycles. The molecule has 92 valence electrons. The van der Waals surface area contributed by atoms with Crippen molar-refractivity contribution in [2.75, 3.05) is 6.61 Å². The van der Waals surface area contributed by atoms with Gasteiger partial charge in [0.05, 0.1) is 0 Å². The highest BCUT2D eigenvalue weighted by molar-refractivity contribution is 5.73. The summed E-state index contributed by atoms with van der Waals surface area (Å²) >= 11 is 0. The molecule has 0 heterocycles. The van der Waals surface area contributed by atoms with Crippen LogP contribution in [0.5, 0.6) is 0 Å². The first kappa shape index (κ1) is 12.9. The van der Waals surface area contributed by atoms with Gasteiger partial charge in [0.15, 0.2) is 0 Å². The van der Waals surface area contributed by atoms with E-state index in [0.29, 0.717) is 6.54 Å². The van der Waals surface area contributed by atoms with Gasteiger partial charge in [-0.15, -0.1) is 10.1 Å². The fourth-order valence-electron chi connectivity index (χ4n) is 1.19. The highest BCUT2D eigenvalue weighted by atomic mass is 16.9. The molecule has 0 aliphatic carbocycles. The van der Waals surface area contributed by atoms with E-state index < -0.39 is 23.7 Å². The number of nitrogens with zero attached hydrogens (tertiary/aromatic N) is 1. The van der Waals surface area contributed by atoms with Crippen molar-refractivity contribution in [2.45, 2.75) is 12.6 Å². The van der Waals surface area contributed by atoms with E-state index in [-0.39, 0.29) is 0 Å². The predicted molar refractivity (Wildman–Crippen MR) is 57.7 cm³/mol. The molecular weight excluding hydrogens is 228 g/mol. The van der Waals surface area contributed by atoms with E-state index in [1.165, 1.54) is 0 Å². The Bertz CT molecular complexity index is 382. The number of carboxylic acid groups (broad SMARTS) is 1. The third-order valence-corrected chi connectivity index (χ3v) is 2.04. The molecule has 2 N–H and O–H groups in total. The maximum Gasteiger partial charge on any atom is 0.322 e. The van der Waals surface area contributed by atoms with Crippen LogP contribution in [0.4, 0.5) is 0 Å². The van der Waals surface area contributed by atoms with Gasteiger partial charge in [-0.05, 0) is 5.56 Å². The summed E-state index contributed by atoms with van der Waals surface area (Å²) in [5.41, 5.74) is 0.889. The van der Waals surface area contributed by atoms with Gasteiger partial charge in [-0.25, -0.2) is 0 Å². The topological polar surface area (TPSA) is 102 Å². The Kier molecular flexibility index (Phi) is 4.89. The number of hydrogen-bond acceptors (Lipinski definition) is 5. The molecule has 1 rings (SSSR count). The van der Waals surface area contributed by atoms with E-state index >= 15 is 0 Å². The number of nitrogens with one attached hydrogen (secondary N) is 1. The van der Waals surface area contributed by atoms with Gasteiger partial charge in [-0.3, -0.25) is 10.1 Å². The van der Waals surface area contributed by atoms with Crippen LogP contribution < -0.4 is 5.32 Å². The van der Waals surface area contributed by atoms with Crippen LogP contribution in [0.15, 0.2) is 30.3 Å². The summed E-state index contributed by atoms with van der Waals surface area (Å²) in [6.07, 6.45) is 0. The fraction of sp³-hybridized carbons (Fsp3) is 0.300. The number of aliphatic carboxylic acids is 1. The lowest BCUT2D eigenvalue weighted by Gasteiger charge is -2.12. The van der Waals surface area contributed by atoms with Gasteiger partial charge in [0.25, 0.3) is 5.09 Å². The molecule has 0 radical (unpaired) electrons. The number of benzene rings is 1. The zero-order valence-electron chi connectivity index (χ0n) is 8.91. The molecule has 0 unspecified atom stereocenters. The Balaban J connectivity index is 2.45. The molecule has 0 saturated carbocycles. The van der Waals surface area contributed by atoms with Crippen LogP contribution in [0.1, 0.15) is 5.56 Å². The molecule has 1 atom stereocenters. The van der Waals surface area contributed by atoms with Crippen LogP contribution in [0.2, 0.25) is 0 Å². The molecule has 0 spiro atoms. The van der Waals surface area contributed by atoms with Crippen molar-refractivity contribution < 1.29 is 19.8 Å². The average Bonchev–Trinajstić information content (AvgIpc) is 2.29. The number of hydrogen-bond donors (Lipinski definition) is 2. The van der Waals surface area contributed by atoms with Crippen molar-refractivity contribution >= 4 is 5.97 Å². The molecule has 7 nitrogen and oxygen atoms in total. The van der Waals surface area contributed by atoms with Crippen LogP contribution >= 0.6 is 0 Å². The maximum atomic E-state index is 10.8. The van der Waals surface area contributed by atoms with Crippen molar-refractivity contribution in [3.8, 4) is 0 Å². The van der Waals surface area contributed by atoms with E-state index in [1.807, 2.05) is 30.3 Å². The number of rotatable bonds is 7. The predicted octanol–water partition coefficient (Wildman–Crippen LogP) is 0.438. The molecule has 0 aliphatic rings. The SMILES string of the molecule is O=C(O)[C@H](CO[N+](=O)[O-])NCc1ccccc1. The molecule has 1 aromatic rings. The second-order valence-corrected chi connectivity index (χ2v) is 3.28.